The number of aromatic nitrogens is 3. The molecule has 0 bridgehead atoms. The summed E-state index contributed by atoms with van der Waals surface area (Å²) in [6.45, 7) is 0. The molecule has 0 saturated heterocycles. The molecule has 0 aliphatic heterocycles. The van der Waals surface area contributed by atoms with Crippen LogP contribution < -0.4 is 15.2 Å². The van der Waals surface area contributed by atoms with Crippen molar-refractivity contribution in [3.05, 3.63) is 61.1 Å². The molecule has 5 rings (SSSR count). The third-order valence-electron chi connectivity index (χ3n) is 5.82. The first-order chi connectivity index (χ1) is 14.7. The number of benzene rings is 2. The first kappa shape index (κ1) is 18.5. The zero-order valence-corrected chi connectivity index (χ0v) is 16.9. The van der Waals surface area contributed by atoms with Crippen molar-refractivity contribution in [1.82, 2.24) is 14.5 Å². The van der Waals surface area contributed by atoms with Crippen molar-refractivity contribution in [2.24, 2.45) is 0 Å². The van der Waals surface area contributed by atoms with Gasteiger partial charge in [0.25, 0.3) is 0 Å². The van der Waals surface area contributed by atoms with Gasteiger partial charge in [-0.3, -0.25) is 0 Å². The number of para-hydroxylation sites is 2. The molecule has 0 amide bonds. The molecule has 6 nitrogen and oxygen atoms in total. The molecule has 2 N–H and O–H groups in total. The number of hydrogen-bond donors (Lipinski definition) is 1. The summed E-state index contributed by atoms with van der Waals surface area (Å²) >= 11 is 0. The van der Waals surface area contributed by atoms with Gasteiger partial charge < -0.3 is 19.8 Å². The molecule has 1 saturated carbocycles. The van der Waals surface area contributed by atoms with Crippen LogP contribution in [0.25, 0.3) is 22.2 Å². The van der Waals surface area contributed by atoms with E-state index >= 15 is 0 Å². The van der Waals surface area contributed by atoms with Crippen LogP contribution in [0.4, 0.5) is 5.82 Å². The highest BCUT2D eigenvalue weighted by molar-refractivity contribution is 6.00. The second kappa shape index (κ2) is 7.71. The van der Waals surface area contributed by atoms with E-state index in [9.17, 15) is 0 Å². The first-order valence-electron chi connectivity index (χ1n) is 10.3. The molecule has 0 spiro atoms. The van der Waals surface area contributed by atoms with Crippen LogP contribution in [0.2, 0.25) is 0 Å². The lowest BCUT2D eigenvalue weighted by Gasteiger charge is -2.12. The molecular formula is C24H24N4O2. The Bertz CT molecular complexity index is 1180. The van der Waals surface area contributed by atoms with Gasteiger partial charge in [-0.05, 0) is 42.7 Å². The van der Waals surface area contributed by atoms with Crippen LogP contribution in [0, 0.1) is 0 Å². The topological polar surface area (TPSA) is 75.2 Å². The van der Waals surface area contributed by atoms with E-state index in [1.165, 1.54) is 25.7 Å². The molecule has 2 aromatic heterocycles. The van der Waals surface area contributed by atoms with Gasteiger partial charge in [0.1, 0.15) is 23.5 Å². The van der Waals surface area contributed by atoms with Gasteiger partial charge in [0.15, 0.2) is 11.5 Å². The Morgan fingerprint density at radius 2 is 1.70 bits per heavy atom. The van der Waals surface area contributed by atoms with E-state index in [1.807, 2.05) is 48.5 Å². The maximum absolute atomic E-state index is 6.27. The molecule has 1 aliphatic rings. The molecule has 4 aromatic rings. The SMILES string of the molecule is COc1ccccc1Oc1ccc(-c2cn(C3CCCC3)c3ncnc(N)c23)cc1. The number of nitrogens with two attached hydrogens (primary N) is 1. The van der Waals surface area contributed by atoms with Gasteiger partial charge in [0.05, 0.1) is 12.5 Å². The predicted molar refractivity (Wildman–Crippen MR) is 118 cm³/mol. The smallest absolute Gasteiger partial charge is 0.169 e. The monoisotopic (exact) mass is 400 g/mol. The van der Waals surface area contributed by atoms with Crippen LogP contribution in [0.3, 0.4) is 0 Å². The number of nitrogen functional groups attached to an aromatic ring is 1. The fourth-order valence-corrected chi connectivity index (χ4v) is 4.32. The second-order valence-electron chi connectivity index (χ2n) is 7.62. The number of anilines is 1. The molecule has 1 aliphatic carbocycles. The minimum atomic E-state index is 0.476. The van der Waals surface area contributed by atoms with Crippen LogP contribution >= 0.6 is 0 Å². The summed E-state index contributed by atoms with van der Waals surface area (Å²) in [5, 5.41) is 0.919. The van der Waals surface area contributed by atoms with Crippen molar-refractivity contribution >= 4 is 16.9 Å². The number of nitrogens with zero attached hydrogens (tertiary/aromatic N) is 3. The van der Waals surface area contributed by atoms with Crippen molar-refractivity contribution in [1.29, 1.82) is 0 Å². The minimum absolute atomic E-state index is 0.476. The van der Waals surface area contributed by atoms with E-state index in [0.29, 0.717) is 23.4 Å². The fourth-order valence-electron chi connectivity index (χ4n) is 4.32. The van der Waals surface area contributed by atoms with E-state index in [0.717, 1.165) is 27.9 Å². The molecule has 30 heavy (non-hydrogen) atoms. The second-order valence-corrected chi connectivity index (χ2v) is 7.62. The summed E-state index contributed by atoms with van der Waals surface area (Å²) < 4.78 is 13.7. The average molecular weight is 400 g/mol. The third-order valence-corrected chi connectivity index (χ3v) is 5.82. The Labute approximate surface area is 175 Å². The summed E-state index contributed by atoms with van der Waals surface area (Å²) in [5.41, 5.74) is 9.30. The predicted octanol–water partition coefficient (Wildman–Crippen LogP) is 5.60. The Hall–Kier alpha value is -3.54. The lowest BCUT2D eigenvalue weighted by Crippen LogP contribution is -2.04. The molecule has 0 unspecified atom stereocenters. The highest BCUT2D eigenvalue weighted by Gasteiger charge is 2.22. The van der Waals surface area contributed by atoms with E-state index < -0.39 is 0 Å². The Morgan fingerprint density at radius 1 is 0.967 bits per heavy atom. The number of fused-ring (bicyclic) bond motifs is 1. The van der Waals surface area contributed by atoms with E-state index in [1.54, 1.807) is 13.4 Å². The van der Waals surface area contributed by atoms with Gasteiger partial charge >= 0.3 is 0 Å². The van der Waals surface area contributed by atoms with Crippen molar-refractivity contribution in [3.63, 3.8) is 0 Å². The van der Waals surface area contributed by atoms with Crippen LogP contribution in [0.5, 0.6) is 17.2 Å². The van der Waals surface area contributed by atoms with E-state index in [4.69, 9.17) is 15.2 Å². The molecular weight excluding hydrogens is 376 g/mol. The zero-order chi connectivity index (χ0) is 20.5. The van der Waals surface area contributed by atoms with Gasteiger partial charge in [-0.2, -0.15) is 0 Å². The number of ether oxygens (including phenoxy) is 2. The van der Waals surface area contributed by atoms with Gasteiger partial charge in [0, 0.05) is 17.8 Å². The first-order valence-corrected chi connectivity index (χ1v) is 10.3. The lowest BCUT2D eigenvalue weighted by atomic mass is 10.1. The van der Waals surface area contributed by atoms with Crippen molar-refractivity contribution in [3.8, 4) is 28.4 Å². The summed E-state index contributed by atoms with van der Waals surface area (Å²) in [7, 11) is 1.64. The van der Waals surface area contributed by atoms with Crippen LogP contribution in [-0.4, -0.2) is 21.6 Å². The molecule has 2 aromatic carbocycles. The average Bonchev–Trinajstić information content (AvgIpc) is 3.43. The highest BCUT2D eigenvalue weighted by atomic mass is 16.5. The number of methoxy groups -OCH3 is 1. The maximum Gasteiger partial charge on any atom is 0.169 e. The molecule has 0 atom stereocenters. The summed E-state index contributed by atoms with van der Waals surface area (Å²) in [6, 6.07) is 16.1. The Kier molecular flexibility index (Phi) is 4.75. The van der Waals surface area contributed by atoms with Crippen molar-refractivity contribution in [2.45, 2.75) is 31.7 Å². The lowest BCUT2D eigenvalue weighted by molar-refractivity contribution is 0.379. The Morgan fingerprint density at radius 3 is 2.43 bits per heavy atom. The van der Waals surface area contributed by atoms with Crippen LogP contribution in [-0.2, 0) is 0 Å². The molecule has 0 radical (unpaired) electrons. The van der Waals surface area contributed by atoms with Gasteiger partial charge in [-0.1, -0.05) is 37.1 Å². The summed E-state index contributed by atoms with van der Waals surface area (Å²) in [5.74, 6) is 2.64. The summed E-state index contributed by atoms with van der Waals surface area (Å²) in [6.07, 6.45) is 8.61. The quantitative estimate of drug-likeness (QED) is 0.472. The third kappa shape index (κ3) is 3.24. The molecule has 152 valence electrons. The number of hydrogen-bond acceptors (Lipinski definition) is 5. The van der Waals surface area contributed by atoms with Crippen molar-refractivity contribution < 1.29 is 9.47 Å². The van der Waals surface area contributed by atoms with Gasteiger partial charge in [-0.25, -0.2) is 9.97 Å². The van der Waals surface area contributed by atoms with E-state index in [2.05, 4.69) is 20.7 Å². The number of rotatable bonds is 5. The fraction of sp³-hybridized carbons (Fsp3) is 0.250. The zero-order valence-electron chi connectivity index (χ0n) is 16.9. The molecule has 1 fully saturated rings. The molecule has 2 heterocycles. The van der Waals surface area contributed by atoms with E-state index in [-0.39, 0.29) is 0 Å². The molecule has 6 heteroatoms. The van der Waals surface area contributed by atoms with Crippen LogP contribution in [0.15, 0.2) is 61.1 Å². The Balaban J connectivity index is 1.51. The largest absolute Gasteiger partial charge is 0.493 e. The maximum atomic E-state index is 6.27. The van der Waals surface area contributed by atoms with Crippen LogP contribution in [0.1, 0.15) is 31.7 Å². The van der Waals surface area contributed by atoms with Gasteiger partial charge in [-0.15, -0.1) is 0 Å². The van der Waals surface area contributed by atoms with Crippen molar-refractivity contribution in [2.75, 3.05) is 12.8 Å². The summed E-state index contributed by atoms with van der Waals surface area (Å²) in [4.78, 5) is 8.80. The minimum Gasteiger partial charge on any atom is -0.493 e. The van der Waals surface area contributed by atoms with Gasteiger partial charge in [0.2, 0.25) is 0 Å². The normalized spacial score (nSPS) is 14.3. The highest BCUT2D eigenvalue weighted by Crippen LogP contribution is 2.39. The standard InChI is InChI=1S/C24H24N4O2/c1-29-20-8-4-5-9-21(20)30-18-12-10-16(11-13-18)19-14-28(17-6-2-3-7-17)24-22(19)23(25)26-15-27-24/h4-5,8-15,17H,2-3,6-7H2,1H3,(H2,25,26,27).